The first kappa shape index (κ1) is 34.6. The van der Waals surface area contributed by atoms with Gasteiger partial charge in [-0.25, -0.2) is 9.69 Å². The van der Waals surface area contributed by atoms with E-state index in [1.807, 2.05) is 33.9 Å². The molecule has 2 fully saturated rings. The van der Waals surface area contributed by atoms with Crippen LogP contribution in [0.25, 0.3) is 0 Å². The van der Waals surface area contributed by atoms with E-state index >= 15 is 0 Å². The van der Waals surface area contributed by atoms with E-state index in [0.29, 0.717) is 4.90 Å². The molecule has 0 unspecified atom stereocenters. The summed E-state index contributed by atoms with van der Waals surface area (Å²) < 4.78 is 17.2. The first-order valence-corrected chi connectivity index (χ1v) is 17.8. The standard InChI is InChI=1S/C30H53NO8Si/c1-10-11-12-13-14-15-16-17-22-23(38-22)18-19-24(32)30(36)25(33)21(20-37-40(8,9)29(5,6)7)31(26(30)34)27(35)39-28(2,3)4/h18-19,21-23,25,33,36H,10-17,20H2,1-9H3/b19-18+/t21-,22-,23-,25-,30+/m1/s1. The second kappa shape index (κ2) is 13.6. The summed E-state index contributed by atoms with van der Waals surface area (Å²) >= 11 is 0. The monoisotopic (exact) mass is 583 g/mol. The fraction of sp³-hybridized carbons (Fsp3) is 0.833. The zero-order chi connectivity index (χ0) is 30.5. The van der Waals surface area contributed by atoms with Crippen molar-refractivity contribution >= 4 is 26.1 Å². The summed E-state index contributed by atoms with van der Waals surface area (Å²) in [4.78, 5) is 40.3. The van der Waals surface area contributed by atoms with Gasteiger partial charge in [0.2, 0.25) is 5.60 Å². The summed E-state index contributed by atoms with van der Waals surface area (Å²) in [6.07, 6.45) is 8.66. The lowest BCUT2D eigenvalue weighted by Crippen LogP contribution is -2.53. The number of epoxide rings is 1. The first-order valence-electron chi connectivity index (χ1n) is 14.9. The van der Waals surface area contributed by atoms with Crippen molar-refractivity contribution in [2.24, 2.45) is 0 Å². The molecule has 2 aliphatic heterocycles. The Morgan fingerprint density at radius 2 is 1.62 bits per heavy atom. The lowest BCUT2D eigenvalue weighted by Gasteiger charge is -2.38. The van der Waals surface area contributed by atoms with Crippen molar-refractivity contribution in [2.45, 2.75) is 154 Å². The molecule has 5 atom stereocenters. The van der Waals surface area contributed by atoms with Crippen LogP contribution in [-0.4, -0.2) is 83.4 Å². The smallest absolute Gasteiger partial charge is 0.417 e. The highest BCUT2D eigenvalue weighted by Gasteiger charge is 2.64. The van der Waals surface area contributed by atoms with Crippen molar-refractivity contribution in [2.75, 3.05) is 6.61 Å². The van der Waals surface area contributed by atoms with Gasteiger partial charge >= 0.3 is 6.09 Å². The third-order valence-electron chi connectivity index (χ3n) is 8.21. The Balaban J connectivity index is 2.10. The summed E-state index contributed by atoms with van der Waals surface area (Å²) in [6, 6.07) is -1.29. The first-order chi connectivity index (χ1) is 18.4. The van der Waals surface area contributed by atoms with Crippen molar-refractivity contribution in [3.63, 3.8) is 0 Å². The molecule has 0 aromatic heterocycles. The van der Waals surface area contributed by atoms with Gasteiger partial charge in [-0.05, 0) is 57.5 Å². The van der Waals surface area contributed by atoms with Crippen molar-refractivity contribution in [3.05, 3.63) is 12.2 Å². The number of aliphatic hydroxyl groups is 2. The molecule has 10 heteroatoms. The summed E-state index contributed by atoms with van der Waals surface area (Å²) in [5.41, 5.74) is -3.77. The molecular weight excluding hydrogens is 530 g/mol. The lowest BCUT2D eigenvalue weighted by molar-refractivity contribution is -0.156. The predicted octanol–water partition coefficient (Wildman–Crippen LogP) is 5.28. The van der Waals surface area contributed by atoms with Crippen molar-refractivity contribution < 1.29 is 38.5 Å². The minimum Gasteiger partial charge on any atom is -0.443 e. The van der Waals surface area contributed by atoms with E-state index in [2.05, 4.69) is 6.92 Å². The molecule has 0 radical (unpaired) electrons. The fourth-order valence-corrected chi connectivity index (χ4v) is 5.53. The van der Waals surface area contributed by atoms with Crippen LogP contribution in [0, 0.1) is 0 Å². The van der Waals surface area contributed by atoms with Gasteiger partial charge in [0.25, 0.3) is 5.91 Å². The molecule has 9 nitrogen and oxygen atoms in total. The predicted molar refractivity (Wildman–Crippen MR) is 156 cm³/mol. The summed E-state index contributed by atoms with van der Waals surface area (Å²) in [5.74, 6) is -2.22. The second-order valence-corrected chi connectivity index (χ2v) is 18.6. The number of nitrogens with zero attached hydrogens (tertiary/aromatic N) is 1. The number of carbonyl (C=O) groups is 3. The Morgan fingerprint density at radius 1 is 1.05 bits per heavy atom. The molecule has 40 heavy (non-hydrogen) atoms. The Hall–Kier alpha value is -1.59. The van der Waals surface area contributed by atoms with E-state index < -0.39 is 49.4 Å². The van der Waals surface area contributed by atoms with Crippen molar-refractivity contribution in [1.82, 2.24) is 4.90 Å². The van der Waals surface area contributed by atoms with Crippen LogP contribution in [0.3, 0.4) is 0 Å². The number of unbranched alkanes of at least 4 members (excludes halogenated alkanes) is 6. The molecule has 0 aliphatic carbocycles. The molecule has 2 N–H and O–H groups in total. The van der Waals surface area contributed by atoms with Crippen LogP contribution in [0.2, 0.25) is 18.1 Å². The highest BCUT2D eigenvalue weighted by atomic mass is 28.4. The van der Waals surface area contributed by atoms with Gasteiger partial charge in [-0.3, -0.25) is 9.59 Å². The Bertz CT molecular complexity index is 922. The molecule has 230 valence electrons. The maximum Gasteiger partial charge on any atom is 0.417 e. The summed E-state index contributed by atoms with van der Waals surface area (Å²) in [6.45, 7) is 17.0. The second-order valence-electron chi connectivity index (χ2n) is 13.8. The zero-order valence-corrected chi connectivity index (χ0v) is 27.1. The fourth-order valence-electron chi connectivity index (χ4n) is 4.51. The number of hydrogen-bond acceptors (Lipinski definition) is 8. The minimum atomic E-state index is -2.84. The van der Waals surface area contributed by atoms with Crippen molar-refractivity contribution in [3.8, 4) is 0 Å². The van der Waals surface area contributed by atoms with E-state index in [4.69, 9.17) is 13.9 Å². The van der Waals surface area contributed by atoms with Crippen LogP contribution in [0.5, 0.6) is 0 Å². The minimum absolute atomic E-state index is 0.00235. The largest absolute Gasteiger partial charge is 0.443 e. The van der Waals surface area contributed by atoms with Gasteiger partial charge in [0, 0.05) is 0 Å². The van der Waals surface area contributed by atoms with E-state index in [9.17, 15) is 24.6 Å². The summed E-state index contributed by atoms with van der Waals surface area (Å²) in [5, 5.41) is 22.3. The topological polar surface area (TPSA) is 126 Å². The lowest BCUT2D eigenvalue weighted by atomic mass is 9.91. The molecule has 2 rings (SSSR count). The highest BCUT2D eigenvalue weighted by molar-refractivity contribution is 6.74. The van der Waals surface area contributed by atoms with E-state index in [1.165, 1.54) is 38.2 Å². The van der Waals surface area contributed by atoms with Gasteiger partial charge < -0.3 is 24.1 Å². The third-order valence-corrected chi connectivity index (χ3v) is 12.7. The van der Waals surface area contributed by atoms with Crippen LogP contribution in [0.4, 0.5) is 4.79 Å². The molecule has 0 bridgehead atoms. The van der Waals surface area contributed by atoms with Crippen LogP contribution in [0.15, 0.2) is 12.2 Å². The number of ketones is 1. The maximum absolute atomic E-state index is 13.4. The molecule has 0 spiro atoms. The van der Waals surface area contributed by atoms with E-state index in [0.717, 1.165) is 25.3 Å². The van der Waals surface area contributed by atoms with Gasteiger partial charge in [-0.2, -0.15) is 0 Å². The highest BCUT2D eigenvalue weighted by Crippen LogP contribution is 2.39. The van der Waals surface area contributed by atoms with Crippen LogP contribution >= 0.6 is 0 Å². The van der Waals surface area contributed by atoms with E-state index in [1.54, 1.807) is 20.8 Å². The maximum atomic E-state index is 13.4. The molecule has 0 aromatic rings. The Morgan fingerprint density at radius 3 is 2.17 bits per heavy atom. The van der Waals surface area contributed by atoms with Gasteiger partial charge in [-0.15, -0.1) is 0 Å². The van der Waals surface area contributed by atoms with Crippen molar-refractivity contribution in [1.29, 1.82) is 0 Å². The Kier molecular flexibility index (Phi) is 11.8. The third kappa shape index (κ3) is 8.71. The van der Waals surface area contributed by atoms with Gasteiger partial charge in [-0.1, -0.05) is 72.6 Å². The number of likely N-dealkylation sites (tertiary alicyclic amines) is 1. The average Bonchev–Trinajstić information content (AvgIpc) is 3.55. The van der Waals surface area contributed by atoms with Crippen LogP contribution in [-0.2, 0) is 23.5 Å². The molecule has 2 heterocycles. The number of ether oxygens (including phenoxy) is 2. The molecule has 2 aliphatic rings. The number of aliphatic hydroxyl groups excluding tert-OH is 1. The molecular formula is C30H53NO8Si. The molecule has 2 saturated heterocycles. The number of amides is 2. The molecule has 0 aromatic carbocycles. The van der Waals surface area contributed by atoms with Crippen LogP contribution in [0.1, 0.15) is 99.8 Å². The SMILES string of the molecule is CCCCCCCCC[C@H]1O[C@@H]1/C=C/C(=O)[C@@]1(O)C(=O)N(C(=O)OC(C)(C)C)[C@H](CO[Si](C)(C)C(C)(C)C)[C@H]1O. The number of rotatable bonds is 14. The number of hydrogen-bond donors (Lipinski definition) is 2. The Labute approximate surface area is 241 Å². The molecule has 0 saturated carbocycles. The number of carbonyl (C=O) groups excluding carboxylic acids is 3. The zero-order valence-electron chi connectivity index (χ0n) is 26.1. The van der Waals surface area contributed by atoms with Gasteiger partial charge in [0.05, 0.1) is 18.8 Å². The van der Waals surface area contributed by atoms with Gasteiger partial charge in [0.15, 0.2) is 14.1 Å². The quantitative estimate of drug-likeness (QED) is 0.0930. The molecule has 2 amide bonds. The van der Waals surface area contributed by atoms with Crippen LogP contribution < -0.4 is 0 Å². The van der Waals surface area contributed by atoms with E-state index in [-0.39, 0.29) is 23.9 Å². The number of imide groups is 1. The normalized spacial score (nSPS) is 27.5. The average molecular weight is 584 g/mol. The summed E-state index contributed by atoms with van der Waals surface area (Å²) in [7, 11) is -2.36. The van der Waals surface area contributed by atoms with Gasteiger partial charge in [0.1, 0.15) is 17.8 Å².